The second-order valence-electron chi connectivity index (χ2n) is 7.00. The first kappa shape index (κ1) is 14.4. The molecule has 0 bridgehead atoms. The molecular weight excluding hydrogens is 304 g/mol. The number of carbonyl (C=O) groups is 1. The van der Waals surface area contributed by atoms with Crippen LogP contribution in [0.25, 0.3) is 32.7 Å². The van der Waals surface area contributed by atoms with Gasteiger partial charge in [0.25, 0.3) is 0 Å². The molecule has 4 aromatic carbocycles. The van der Waals surface area contributed by atoms with Crippen molar-refractivity contribution in [2.75, 3.05) is 0 Å². The summed E-state index contributed by atoms with van der Waals surface area (Å²) in [5.41, 5.74) is 4.39. The van der Waals surface area contributed by atoms with Gasteiger partial charge in [-0.25, -0.2) is 0 Å². The Morgan fingerprint density at radius 1 is 0.760 bits per heavy atom. The third-order valence-electron chi connectivity index (χ3n) is 5.41. The molecule has 0 saturated carbocycles. The molecule has 1 atom stereocenters. The Kier molecular flexibility index (Phi) is 3.05. The number of ketones is 1. The van der Waals surface area contributed by atoms with E-state index in [4.69, 9.17) is 0 Å². The Balaban J connectivity index is 1.97. The highest BCUT2D eigenvalue weighted by molar-refractivity contribution is 6.17. The molecule has 5 rings (SSSR count). The van der Waals surface area contributed by atoms with Crippen LogP contribution in [-0.2, 0) is 6.42 Å². The number of hydrogen-bond donors (Lipinski definition) is 0. The van der Waals surface area contributed by atoms with E-state index in [0.717, 1.165) is 17.5 Å². The molecule has 1 aliphatic carbocycles. The number of Topliss-reactive ketones (excluding diaryl/α,β-unsaturated/α-hetero) is 1. The second-order valence-corrected chi connectivity index (χ2v) is 7.00. The minimum Gasteiger partial charge on any atom is -0.294 e. The van der Waals surface area contributed by atoms with Gasteiger partial charge in [-0.05, 0) is 50.7 Å². The summed E-state index contributed by atoms with van der Waals surface area (Å²) in [4.78, 5) is 12.9. The average molecular weight is 322 g/mol. The van der Waals surface area contributed by atoms with Gasteiger partial charge in [0.05, 0.1) is 0 Å². The van der Waals surface area contributed by atoms with E-state index < -0.39 is 0 Å². The largest absolute Gasteiger partial charge is 0.294 e. The molecule has 0 aromatic heterocycles. The molecule has 0 radical (unpaired) electrons. The summed E-state index contributed by atoms with van der Waals surface area (Å²) in [6.45, 7) is 2.04. The van der Waals surface area contributed by atoms with Gasteiger partial charge in [-0.3, -0.25) is 4.79 Å². The molecule has 120 valence electrons. The summed E-state index contributed by atoms with van der Waals surface area (Å²) in [6.07, 6.45) is 0.852. The SMILES string of the molecule is CC1Cc2cccc(-c3c4ccccc4cc4ccccc34)c2C1=O. The van der Waals surface area contributed by atoms with Crippen LogP contribution in [0.1, 0.15) is 22.8 Å². The van der Waals surface area contributed by atoms with Crippen LogP contribution in [-0.4, -0.2) is 5.78 Å². The van der Waals surface area contributed by atoms with Crippen molar-refractivity contribution in [2.24, 2.45) is 5.92 Å². The lowest BCUT2D eigenvalue weighted by molar-refractivity contribution is 0.0947. The van der Waals surface area contributed by atoms with Gasteiger partial charge in [-0.2, -0.15) is 0 Å². The van der Waals surface area contributed by atoms with Gasteiger partial charge >= 0.3 is 0 Å². The summed E-state index contributed by atoms with van der Waals surface area (Å²) in [7, 11) is 0. The van der Waals surface area contributed by atoms with Crippen LogP contribution in [0.15, 0.2) is 72.8 Å². The molecule has 1 heteroatoms. The van der Waals surface area contributed by atoms with Crippen molar-refractivity contribution in [3.05, 3.63) is 83.9 Å². The van der Waals surface area contributed by atoms with E-state index in [1.807, 2.05) is 6.92 Å². The Morgan fingerprint density at radius 3 is 2.08 bits per heavy atom. The van der Waals surface area contributed by atoms with E-state index in [9.17, 15) is 4.79 Å². The number of hydrogen-bond acceptors (Lipinski definition) is 1. The fourth-order valence-electron chi connectivity index (χ4n) is 4.24. The number of fused-ring (bicyclic) bond motifs is 3. The van der Waals surface area contributed by atoms with Crippen LogP contribution in [0, 0.1) is 5.92 Å². The van der Waals surface area contributed by atoms with Crippen LogP contribution in [0.2, 0.25) is 0 Å². The third-order valence-corrected chi connectivity index (χ3v) is 5.41. The fraction of sp³-hybridized carbons (Fsp3) is 0.125. The molecule has 0 spiro atoms. The number of benzene rings is 4. The summed E-state index contributed by atoms with van der Waals surface area (Å²) in [5.74, 6) is 0.361. The highest BCUT2D eigenvalue weighted by Crippen LogP contribution is 2.41. The molecule has 0 fully saturated rings. The van der Waals surface area contributed by atoms with E-state index in [1.165, 1.54) is 32.7 Å². The lowest BCUT2D eigenvalue weighted by Gasteiger charge is -2.15. The predicted molar refractivity (Wildman–Crippen MR) is 104 cm³/mol. The molecular formula is C24H18O. The van der Waals surface area contributed by atoms with E-state index >= 15 is 0 Å². The maximum Gasteiger partial charge on any atom is 0.166 e. The molecule has 1 aliphatic rings. The standard InChI is InChI=1S/C24H18O/c1-15-13-18-9-6-12-21(22(18)24(15)25)23-19-10-4-2-7-16(19)14-17-8-3-5-11-20(17)23/h2-12,14-15H,13H2,1H3. The van der Waals surface area contributed by atoms with Crippen molar-refractivity contribution < 1.29 is 4.79 Å². The lowest BCUT2D eigenvalue weighted by atomic mass is 9.88. The second kappa shape index (κ2) is 5.29. The first-order valence-corrected chi connectivity index (χ1v) is 8.81. The lowest BCUT2D eigenvalue weighted by Crippen LogP contribution is -2.04. The summed E-state index contributed by atoms with van der Waals surface area (Å²) in [5, 5.41) is 4.85. The van der Waals surface area contributed by atoms with Crippen LogP contribution in [0.4, 0.5) is 0 Å². The molecule has 1 unspecified atom stereocenters. The van der Waals surface area contributed by atoms with Gasteiger partial charge in [0.2, 0.25) is 0 Å². The summed E-state index contributed by atoms with van der Waals surface area (Å²) < 4.78 is 0. The third kappa shape index (κ3) is 2.05. The quantitative estimate of drug-likeness (QED) is 0.391. The normalized spacial score (nSPS) is 16.5. The highest BCUT2D eigenvalue weighted by Gasteiger charge is 2.30. The Labute approximate surface area is 146 Å². The Bertz CT molecular complexity index is 1100. The topological polar surface area (TPSA) is 17.1 Å². The molecule has 0 N–H and O–H groups in total. The van der Waals surface area contributed by atoms with Crippen molar-refractivity contribution in [3.63, 3.8) is 0 Å². The molecule has 0 aliphatic heterocycles. The van der Waals surface area contributed by atoms with Crippen LogP contribution in [0.3, 0.4) is 0 Å². The van der Waals surface area contributed by atoms with Gasteiger partial charge in [0, 0.05) is 11.5 Å². The van der Waals surface area contributed by atoms with Crippen molar-refractivity contribution >= 4 is 27.3 Å². The van der Waals surface area contributed by atoms with Crippen molar-refractivity contribution in [2.45, 2.75) is 13.3 Å². The summed E-state index contributed by atoms with van der Waals surface area (Å²) >= 11 is 0. The highest BCUT2D eigenvalue weighted by atomic mass is 16.1. The van der Waals surface area contributed by atoms with Gasteiger partial charge in [0.15, 0.2) is 5.78 Å². The molecule has 1 nitrogen and oxygen atoms in total. The zero-order valence-corrected chi connectivity index (χ0v) is 14.1. The van der Waals surface area contributed by atoms with Crippen LogP contribution < -0.4 is 0 Å². The predicted octanol–water partition coefficient (Wildman–Crippen LogP) is 6.03. The monoisotopic (exact) mass is 322 g/mol. The Hall–Kier alpha value is -2.93. The van der Waals surface area contributed by atoms with Gasteiger partial charge in [-0.1, -0.05) is 73.7 Å². The minimum atomic E-state index is 0.0809. The van der Waals surface area contributed by atoms with Crippen molar-refractivity contribution in [1.29, 1.82) is 0 Å². The zero-order chi connectivity index (χ0) is 17.0. The smallest absolute Gasteiger partial charge is 0.166 e. The number of carbonyl (C=O) groups excluding carboxylic acids is 1. The zero-order valence-electron chi connectivity index (χ0n) is 14.1. The molecule has 4 aromatic rings. The van der Waals surface area contributed by atoms with E-state index in [2.05, 4.69) is 72.8 Å². The van der Waals surface area contributed by atoms with E-state index in [1.54, 1.807) is 0 Å². The average Bonchev–Trinajstić information content (AvgIpc) is 2.94. The minimum absolute atomic E-state index is 0.0809. The van der Waals surface area contributed by atoms with Gasteiger partial charge in [0.1, 0.15) is 0 Å². The van der Waals surface area contributed by atoms with Crippen LogP contribution in [0.5, 0.6) is 0 Å². The van der Waals surface area contributed by atoms with Gasteiger partial charge in [-0.15, -0.1) is 0 Å². The first-order chi connectivity index (χ1) is 12.2. The molecule has 25 heavy (non-hydrogen) atoms. The van der Waals surface area contributed by atoms with E-state index in [-0.39, 0.29) is 11.7 Å². The van der Waals surface area contributed by atoms with Crippen LogP contribution >= 0.6 is 0 Å². The first-order valence-electron chi connectivity index (χ1n) is 8.81. The van der Waals surface area contributed by atoms with Crippen molar-refractivity contribution in [1.82, 2.24) is 0 Å². The maximum absolute atomic E-state index is 12.9. The molecule has 0 heterocycles. The van der Waals surface area contributed by atoms with Crippen molar-refractivity contribution in [3.8, 4) is 11.1 Å². The molecule has 0 saturated heterocycles. The molecule has 0 amide bonds. The van der Waals surface area contributed by atoms with E-state index in [0.29, 0.717) is 0 Å². The Morgan fingerprint density at radius 2 is 1.40 bits per heavy atom. The van der Waals surface area contributed by atoms with Gasteiger partial charge < -0.3 is 0 Å². The summed E-state index contributed by atoms with van der Waals surface area (Å²) in [6, 6.07) is 25.5. The maximum atomic E-state index is 12.9. The fourth-order valence-corrected chi connectivity index (χ4v) is 4.24. The number of rotatable bonds is 1.